The lowest BCUT2D eigenvalue weighted by Crippen LogP contribution is -2.15. The molecule has 156 valence electrons. The second-order valence-electron chi connectivity index (χ2n) is 7.75. The molecule has 0 N–H and O–H groups in total. The molecule has 4 nitrogen and oxygen atoms in total. The molecule has 0 aliphatic carbocycles. The number of benzene rings is 3. The molecule has 0 bridgehead atoms. The molecule has 0 unspecified atom stereocenters. The minimum absolute atomic E-state index is 0.467. The van der Waals surface area contributed by atoms with Crippen LogP contribution in [0.4, 0.5) is 0 Å². The van der Waals surface area contributed by atoms with E-state index >= 15 is 0 Å². The summed E-state index contributed by atoms with van der Waals surface area (Å²) >= 11 is 0. The summed E-state index contributed by atoms with van der Waals surface area (Å²) in [5.74, 6) is 0.823. The lowest BCUT2D eigenvalue weighted by atomic mass is 10.0. The van der Waals surface area contributed by atoms with Crippen molar-refractivity contribution in [3.8, 4) is 22.5 Å². The predicted molar refractivity (Wildman–Crippen MR) is 123 cm³/mol. The molecule has 1 aliphatic rings. The standard InChI is InChI=1S/C27H26N2O2/c1-4-12-21(13-5-1)20-29-25(23-16-8-3-9-17-23)24(22-14-6-2-7-15-22)28-26(29)27-30-18-10-11-19-31-27/h1-9,12-17,27H,10-11,18-20H2. The van der Waals surface area contributed by atoms with E-state index in [2.05, 4.69) is 77.4 Å². The molecule has 0 radical (unpaired) electrons. The maximum absolute atomic E-state index is 6.10. The van der Waals surface area contributed by atoms with Gasteiger partial charge < -0.3 is 14.0 Å². The molecule has 3 aromatic carbocycles. The van der Waals surface area contributed by atoms with Crippen molar-refractivity contribution in [1.29, 1.82) is 0 Å². The van der Waals surface area contributed by atoms with Crippen LogP contribution < -0.4 is 0 Å². The van der Waals surface area contributed by atoms with Crippen molar-refractivity contribution in [2.45, 2.75) is 25.7 Å². The van der Waals surface area contributed by atoms with Crippen molar-refractivity contribution in [3.05, 3.63) is 102 Å². The van der Waals surface area contributed by atoms with Crippen LogP contribution in [0, 0.1) is 0 Å². The predicted octanol–water partition coefficient (Wildman–Crippen LogP) is 6.09. The van der Waals surface area contributed by atoms with Crippen molar-refractivity contribution in [2.75, 3.05) is 13.2 Å². The Hall–Kier alpha value is -3.21. The highest BCUT2D eigenvalue weighted by Crippen LogP contribution is 2.36. The van der Waals surface area contributed by atoms with Crippen LogP contribution in [0.1, 0.15) is 30.5 Å². The van der Waals surface area contributed by atoms with Crippen molar-refractivity contribution in [3.63, 3.8) is 0 Å². The lowest BCUT2D eigenvalue weighted by molar-refractivity contribution is -0.136. The van der Waals surface area contributed by atoms with Gasteiger partial charge in [0, 0.05) is 17.7 Å². The Morgan fingerprint density at radius 1 is 0.710 bits per heavy atom. The molecule has 1 aromatic heterocycles. The summed E-state index contributed by atoms with van der Waals surface area (Å²) in [6.45, 7) is 2.07. The highest BCUT2D eigenvalue weighted by molar-refractivity contribution is 5.79. The Labute approximate surface area is 183 Å². The first-order valence-corrected chi connectivity index (χ1v) is 10.9. The first-order chi connectivity index (χ1) is 15.4. The minimum atomic E-state index is -0.467. The maximum Gasteiger partial charge on any atom is 0.217 e. The average molecular weight is 411 g/mol. The molecule has 0 spiro atoms. The van der Waals surface area contributed by atoms with Gasteiger partial charge in [-0.3, -0.25) is 0 Å². The van der Waals surface area contributed by atoms with Crippen molar-refractivity contribution >= 4 is 0 Å². The van der Waals surface area contributed by atoms with Gasteiger partial charge >= 0.3 is 0 Å². The summed E-state index contributed by atoms with van der Waals surface area (Å²) in [5.41, 5.74) is 5.47. The van der Waals surface area contributed by atoms with Gasteiger partial charge in [0.25, 0.3) is 0 Å². The number of rotatable bonds is 5. The number of ether oxygens (including phenoxy) is 2. The Kier molecular flexibility index (Phi) is 5.92. The van der Waals surface area contributed by atoms with Gasteiger partial charge in [0.15, 0.2) is 5.82 Å². The quantitative estimate of drug-likeness (QED) is 0.399. The van der Waals surface area contributed by atoms with Gasteiger partial charge in [0.05, 0.1) is 24.6 Å². The molecule has 0 amide bonds. The third-order valence-electron chi connectivity index (χ3n) is 5.56. The smallest absolute Gasteiger partial charge is 0.217 e. The van der Waals surface area contributed by atoms with Crippen LogP contribution in [-0.2, 0) is 16.0 Å². The molecular weight excluding hydrogens is 384 g/mol. The van der Waals surface area contributed by atoms with Gasteiger partial charge in [-0.15, -0.1) is 0 Å². The van der Waals surface area contributed by atoms with E-state index in [9.17, 15) is 0 Å². The summed E-state index contributed by atoms with van der Waals surface area (Å²) < 4.78 is 14.5. The molecular formula is C27H26N2O2. The maximum atomic E-state index is 6.10. The third-order valence-corrected chi connectivity index (χ3v) is 5.56. The Bertz CT molecular complexity index is 1100. The molecule has 0 saturated carbocycles. The summed E-state index contributed by atoms with van der Waals surface area (Å²) in [6, 6.07) is 31.3. The van der Waals surface area contributed by atoms with Gasteiger partial charge in [-0.2, -0.15) is 0 Å². The molecule has 4 heteroatoms. The number of hydrogen-bond acceptors (Lipinski definition) is 3. The third kappa shape index (κ3) is 4.31. The van der Waals surface area contributed by atoms with Gasteiger partial charge in [0.2, 0.25) is 6.29 Å². The van der Waals surface area contributed by atoms with Crippen molar-refractivity contribution < 1.29 is 9.47 Å². The molecule has 2 heterocycles. The number of hydrogen-bond donors (Lipinski definition) is 0. The molecule has 0 atom stereocenters. The molecule has 1 saturated heterocycles. The van der Waals surface area contributed by atoms with Crippen LogP contribution in [-0.4, -0.2) is 22.8 Å². The van der Waals surface area contributed by atoms with Crippen LogP contribution in [0.3, 0.4) is 0 Å². The van der Waals surface area contributed by atoms with Crippen molar-refractivity contribution in [1.82, 2.24) is 9.55 Å². The summed E-state index contributed by atoms with van der Waals surface area (Å²) in [4.78, 5) is 5.13. The first-order valence-electron chi connectivity index (χ1n) is 10.9. The van der Waals surface area contributed by atoms with E-state index in [1.54, 1.807) is 0 Å². The van der Waals surface area contributed by atoms with Gasteiger partial charge in [-0.05, 0) is 18.4 Å². The fourth-order valence-corrected chi connectivity index (χ4v) is 4.04. The molecule has 31 heavy (non-hydrogen) atoms. The normalized spacial score (nSPS) is 15.0. The van der Waals surface area contributed by atoms with E-state index in [0.29, 0.717) is 19.8 Å². The minimum Gasteiger partial charge on any atom is -0.346 e. The van der Waals surface area contributed by atoms with Crippen LogP contribution in [0.25, 0.3) is 22.5 Å². The number of aromatic nitrogens is 2. The van der Waals surface area contributed by atoms with Gasteiger partial charge in [0.1, 0.15) is 0 Å². The summed E-state index contributed by atoms with van der Waals surface area (Å²) in [6.07, 6.45) is 1.55. The fourth-order valence-electron chi connectivity index (χ4n) is 4.04. The second kappa shape index (κ2) is 9.29. The zero-order valence-electron chi connectivity index (χ0n) is 17.5. The zero-order valence-corrected chi connectivity index (χ0v) is 17.5. The summed E-state index contributed by atoms with van der Waals surface area (Å²) in [7, 11) is 0. The Morgan fingerprint density at radius 2 is 1.26 bits per heavy atom. The van der Waals surface area contributed by atoms with Crippen LogP contribution in [0.15, 0.2) is 91.0 Å². The highest BCUT2D eigenvalue weighted by Gasteiger charge is 2.27. The van der Waals surface area contributed by atoms with E-state index in [0.717, 1.165) is 41.2 Å². The largest absolute Gasteiger partial charge is 0.346 e. The van der Waals surface area contributed by atoms with E-state index in [4.69, 9.17) is 14.5 Å². The highest BCUT2D eigenvalue weighted by atomic mass is 16.7. The van der Waals surface area contributed by atoms with Gasteiger partial charge in [-0.1, -0.05) is 91.0 Å². The van der Waals surface area contributed by atoms with Crippen LogP contribution >= 0.6 is 0 Å². The van der Waals surface area contributed by atoms with E-state index < -0.39 is 6.29 Å². The number of nitrogens with zero attached hydrogens (tertiary/aromatic N) is 2. The van der Waals surface area contributed by atoms with Crippen molar-refractivity contribution in [2.24, 2.45) is 0 Å². The monoisotopic (exact) mass is 410 g/mol. The first kappa shape index (κ1) is 19.7. The molecule has 5 rings (SSSR count). The average Bonchev–Trinajstić information content (AvgIpc) is 3.00. The Balaban J connectivity index is 1.72. The molecule has 1 aliphatic heterocycles. The molecule has 1 fully saturated rings. The topological polar surface area (TPSA) is 36.3 Å². The SMILES string of the molecule is c1ccc(Cn2c(C3OCCCCO3)nc(-c3ccccc3)c2-c2ccccc2)cc1. The van der Waals surface area contributed by atoms with E-state index in [1.807, 2.05) is 18.2 Å². The Morgan fingerprint density at radius 3 is 1.87 bits per heavy atom. The van der Waals surface area contributed by atoms with E-state index in [-0.39, 0.29) is 0 Å². The lowest BCUT2D eigenvalue weighted by Gasteiger charge is -2.19. The zero-order chi connectivity index (χ0) is 20.9. The van der Waals surface area contributed by atoms with Crippen LogP contribution in [0.2, 0.25) is 0 Å². The molecule has 4 aromatic rings. The van der Waals surface area contributed by atoms with E-state index in [1.165, 1.54) is 5.56 Å². The van der Waals surface area contributed by atoms with Crippen LogP contribution in [0.5, 0.6) is 0 Å². The summed E-state index contributed by atoms with van der Waals surface area (Å²) in [5, 5.41) is 0. The number of imidazole rings is 1. The fraction of sp³-hybridized carbons (Fsp3) is 0.222. The van der Waals surface area contributed by atoms with Gasteiger partial charge in [-0.25, -0.2) is 4.98 Å². The second-order valence-corrected chi connectivity index (χ2v) is 7.75.